The number of H-pyrrole nitrogens is 1. The fourth-order valence-electron chi connectivity index (χ4n) is 3.30. The minimum Gasteiger partial charge on any atom is -0.337 e. The van der Waals surface area contributed by atoms with Crippen molar-refractivity contribution in [3.8, 4) is 11.4 Å². The van der Waals surface area contributed by atoms with Gasteiger partial charge in [0.15, 0.2) is 0 Å². The summed E-state index contributed by atoms with van der Waals surface area (Å²) in [6.07, 6.45) is 0. The third-order valence-corrected chi connectivity index (χ3v) is 4.38. The van der Waals surface area contributed by atoms with Gasteiger partial charge in [0, 0.05) is 21.9 Å². The molecule has 0 atom stereocenters. The molecule has 0 radical (unpaired) electrons. The normalized spacial score (nSPS) is 13.5. The lowest BCUT2D eigenvalue weighted by Gasteiger charge is -2.16. The predicted octanol–water partition coefficient (Wildman–Crippen LogP) is 3.27. The van der Waals surface area contributed by atoms with E-state index in [1.54, 1.807) is 12.1 Å². The molecular weight excluding hydrogens is 302 g/mol. The number of carbonyl (C=O) groups is 2. The first kappa shape index (κ1) is 13.0. The van der Waals surface area contributed by atoms with Crippen LogP contribution in [0.3, 0.4) is 0 Å². The van der Waals surface area contributed by atoms with E-state index in [2.05, 4.69) is 15.3 Å². The number of rotatable bonds is 1. The fourth-order valence-corrected chi connectivity index (χ4v) is 3.30. The molecule has 5 nitrogen and oxygen atoms in total. The summed E-state index contributed by atoms with van der Waals surface area (Å²) in [5.41, 5.74) is 3.50. The molecule has 0 spiro atoms. The Balaban J connectivity index is 1.91. The summed E-state index contributed by atoms with van der Waals surface area (Å²) in [7, 11) is 0. The van der Waals surface area contributed by atoms with Gasteiger partial charge < -0.3 is 4.98 Å². The number of nitrogens with zero attached hydrogens (tertiary/aromatic N) is 1. The van der Waals surface area contributed by atoms with Gasteiger partial charge in [0.1, 0.15) is 5.82 Å². The molecule has 1 aliphatic rings. The molecule has 5 rings (SSSR count). The van der Waals surface area contributed by atoms with Crippen LogP contribution in [0.4, 0.5) is 0 Å². The standard InChI is InChI=1S/C19H11N3O2/c23-18-12-8-4-7-11-15(12)13(19(24)22-18)9-14-16(11)21-17(20-14)10-5-2-1-3-6-10/h1-9H,(H,20,21)(H,22,23,24). The maximum Gasteiger partial charge on any atom is 0.258 e. The van der Waals surface area contributed by atoms with E-state index >= 15 is 0 Å². The number of aromatic amines is 1. The number of aromatic nitrogens is 2. The summed E-state index contributed by atoms with van der Waals surface area (Å²) in [5, 5.41) is 3.90. The highest BCUT2D eigenvalue weighted by atomic mass is 16.2. The van der Waals surface area contributed by atoms with E-state index in [-0.39, 0.29) is 11.8 Å². The van der Waals surface area contributed by atoms with Crippen molar-refractivity contribution < 1.29 is 9.59 Å². The lowest BCUT2D eigenvalue weighted by Crippen LogP contribution is -2.34. The quantitative estimate of drug-likeness (QED) is 0.530. The smallest absolute Gasteiger partial charge is 0.258 e. The molecule has 0 fully saturated rings. The van der Waals surface area contributed by atoms with Crippen molar-refractivity contribution in [1.29, 1.82) is 0 Å². The number of amides is 2. The molecule has 4 aromatic rings. The summed E-state index contributed by atoms with van der Waals surface area (Å²) >= 11 is 0. The molecule has 1 aliphatic heterocycles. The zero-order valence-electron chi connectivity index (χ0n) is 12.5. The van der Waals surface area contributed by atoms with Gasteiger partial charge in [-0.05, 0) is 12.1 Å². The molecule has 114 valence electrons. The van der Waals surface area contributed by atoms with Gasteiger partial charge in [0.05, 0.1) is 16.6 Å². The Morgan fingerprint density at radius 3 is 2.46 bits per heavy atom. The zero-order valence-corrected chi connectivity index (χ0v) is 12.5. The molecule has 2 N–H and O–H groups in total. The van der Waals surface area contributed by atoms with Crippen molar-refractivity contribution in [1.82, 2.24) is 15.3 Å². The molecule has 2 amide bonds. The monoisotopic (exact) mass is 313 g/mol. The molecule has 0 saturated heterocycles. The molecule has 0 aliphatic carbocycles. The highest BCUT2D eigenvalue weighted by Crippen LogP contribution is 2.33. The Bertz CT molecular complexity index is 1160. The number of imidazole rings is 1. The third kappa shape index (κ3) is 1.66. The van der Waals surface area contributed by atoms with Gasteiger partial charge in [-0.25, -0.2) is 4.98 Å². The van der Waals surface area contributed by atoms with Gasteiger partial charge in [0.2, 0.25) is 0 Å². The molecule has 0 bridgehead atoms. The maximum absolute atomic E-state index is 12.2. The number of fused-ring (bicyclic) bond motifs is 2. The summed E-state index contributed by atoms with van der Waals surface area (Å²) < 4.78 is 0. The van der Waals surface area contributed by atoms with Crippen LogP contribution >= 0.6 is 0 Å². The van der Waals surface area contributed by atoms with E-state index in [1.807, 2.05) is 42.5 Å². The van der Waals surface area contributed by atoms with Crippen LogP contribution in [0.1, 0.15) is 20.7 Å². The third-order valence-electron chi connectivity index (χ3n) is 4.38. The second-order valence-electron chi connectivity index (χ2n) is 5.78. The number of carbonyl (C=O) groups excluding carboxylic acids is 2. The lowest BCUT2D eigenvalue weighted by atomic mass is 9.94. The van der Waals surface area contributed by atoms with Crippen LogP contribution in [0.5, 0.6) is 0 Å². The molecular formula is C19H11N3O2. The van der Waals surface area contributed by atoms with Crippen molar-refractivity contribution in [2.75, 3.05) is 0 Å². The second kappa shape index (κ2) is 4.52. The van der Waals surface area contributed by atoms with E-state index < -0.39 is 0 Å². The minimum absolute atomic E-state index is 0.361. The van der Waals surface area contributed by atoms with E-state index in [0.29, 0.717) is 22.0 Å². The molecule has 5 heteroatoms. The topological polar surface area (TPSA) is 74.8 Å². The van der Waals surface area contributed by atoms with Crippen molar-refractivity contribution in [2.45, 2.75) is 0 Å². The molecule has 1 aromatic heterocycles. The van der Waals surface area contributed by atoms with Gasteiger partial charge in [-0.1, -0.05) is 42.5 Å². The van der Waals surface area contributed by atoms with E-state index in [0.717, 1.165) is 22.3 Å². The van der Waals surface area contributed by atoms with Gasteiger partial charge in [0.25, 0.3) is 11.8 Å². The number of benzene rings is 3. The van der Waals surface area contributed by atoms with Crippen molar-refractivity contribution in [3.63, 3.8) is 0 Å². The van der Waals surface area contributed by atoms with Crippen molar-refractivity contribution >= 4 is 33.6 Å². The highest BCUT2D eigenvalue weighted by molar-refractivity contribution is 6.28. The van der Waals surface area contributed by atoms with E-state index in [4.69, 9.17) is 0 Å². The Labute approximate surface area is 136 Å². The summed E-state index contributed by atoms with van der Waals surface area (Å²) in [5.74, 6) is -0.00413. The molecule has 0 saturated carbocycles. The number of nitrogens with one attached hydrogen (secondary N) is 2. The first-order valence-corrected chi connectivity index (χ1v) is 7.59. The summed E-state index contributed by atoms with van der Waals surface area (Å²) in [6.45, 7) is 0. The Hall–Kier alpha value is -3.47. The van der Waals surface area contributed by atoms with Gasteiger partial charge in [-0.2, -0.15) is 0 Å². The highest BCUT2D eigenvalue weighted by Gasteiger charge is 2.26. The second-order valence-corrected chi connectivity index (χ2v) is 5.78. The average Bonchev–Trinajstić information content (AvgIpc) is 3.04. The van der Waals surface area contributed by atoms with Crippen LogP contribution in [-0.4, -0.2) is 21.8 Å². The van der Waals surface area contributed by atoms with Gasteiger partial charge >= 0.3 is 0 Å². The van der Waals surface area contributed by atoms with Gasteiger partial charge in [-0.3, -0.25) is 14.9 Å². The SMILES string of the molecule is O=C1NC(=O)c2cc3nc(-c4ccccc4)[nH]c3c3cccc1c23. The first-order valence-electron chi connectivity index (χ1n) is 7.59. The average molecular weight is 313 g/mol. The van der Waals surface area contributed by atoms with Crippen molar-refractivity contribution in [2.24, 2.45) is 0 Å². The van der Waals surface area contributed by atoms with Crippen LogP contribution in [0, 0.1) is 0 Å². The largest absolute Gasteiger partial charge is 0.337 e. The molecule has 2 heterocycles. The predicted molar refractivity (Wildman–Crippen MR) is 90.8 cm³/mol. The van der Waals surface area contributed by atoms with Crippen LogP contribution in [0.25, 0.3) is 33.2 Å². The first-order chi connectivity index (χ1) is 11.7. The zero-order chi connectivity index (χ0) is 16.3. The Morgan fingerprint density at radius 1 is 0.833 bits per heavy atom. The van der Waals surface area contributed by atoms with Crippen LogP contribution in [-0.2, 0) is 0 Å². The number of hydrogen-bond donors (Lipinski definition) is 2. The maximum atomic E-state index is 12.2. The Kier molecular flexibility index (Phi) is 2.45. The minimum atomic E-state index is -0.380. The van der Waals surface area contributed by atoms with Crippen molar-refractivity contribution in [3.05, 3.63) is 65.7 Å². The summed E-state index contributed by atoms with van der Waals surface area (Å²) in [6, 6.07) is 17.0. The van der Waals surface area contributed by atoms with Crippen LogP contribution in [0.2, 0.25) is 0 Å². The molecule has 3 aromatic carbocycles. The van der Waals surface area contributed by atoms with E-state index in [1.165, 1.54) is 0 Å². The Morgan fingerprint density at radius 2 is 1.62 bits per heavy atom. The number of imide groups is 1. The van der Waals surface area contributed by atoms with Crippen LogP contribution < -0.4 is 5.32 Å². The van der Waals surface area contributed by atoms with Crippen LogP contribution in [0.15, 0.2) is 54.6 Å². The lowest BCUT2D eigenvalue weighted by molar-refractivity contribution is 0.0845. The fraction of sp³-hybridized carbons (Fsp3) is 0. The molecule has 0 unspecified atom stereocenters. The van der Waals surface area contributed by atoms with Gasteiger partial charge in [-0.15, -0.1) is 0 Å². The number of hydrogen-bond acceptors (Lipinski definition) is 3. The van der Waals surface area contributed by atoms with E-state index in [9.17, 15) is 9.59 Å². The molecule has 24 heavy (non-hydrogen) atoms. The summed E-state index contributed by atoms with van der Waals surface area (Å²) in [4.78, 5) is 32.3.